The Bertz CT molecular complexity index is 305. The van der Waals surface area contributed by atoms with Gasteiger partial charge in [0.25, 0.3) is 0 Å². The minimum Gasteiger partial charge on any atom is -0.312 e. The van der Waals surface area contributed by atoms with E-state index in [1.807, 2.05) is 6.92 Å². The first-order valence-corrected chi connectivity index (χ1v) is 6.43. The summed E-state index contributed by atoms with van der Waals surface area (Å²) in [7, 11) is -0.713. The van der Waals surface area contributed by atoms with E-state index < -0.39 is 13.5 Å². The highest BCUT2D eigenvalue weighted by Gasteiger charge is 2.27. The SMILES string of the molecule is CCC#CC(C)C(=O)CP(=O)(OC)OC. The van der Waals surface area contributed by atoms with Gasteiger partial charge in [0.15, 0.2) is 5.78 Å². The summed E-state index contributed by atoms with van der Waals surface area (Å²) in [5.74, 6) is 4.93. The monoisotopic (exact) mass is 232 g/mol. The van der Waals surface area contributed by atoms with E-state index in [2.05, 4.69) is 20.9 Å². The number of rotatable bonds is 5. The van der Waals surface area contributed by atoms with Crippen molar-refractivity contribution in [3.63, 3.8) is 0 Å². The van der Waals surface area contributed by atoms with E-state index in [0.717, 1.165) is 0 Å². The van der Waals surface area contributed by atoms with Gasteiger partial charge in [0.1, 0.15) is 6.16 Å². The van der Waals surface area contributed by atoms with Crippen LogP contribution in [0.2, 0.25) is 0 Å². The molecule has 86 valence electrons. The van der Waals surface area contributed by atoms with Crippen LogP contribution in [0.3, 0.4) is 0 Å². The third-order valence-corrected chi connectivity index (χ3v) is 3.70. The molecule has 0 saturated carbocycles. The van der Waals surface area contributed by atoms with Crippen molar-refractivity contribution in [1.29, 1.82) is 0 Å². The Morgan fingerprint density at radius 3 is 2.33 bits per heavy atom. The summed E-state index contributed by atoms with van der Waals surface area (Å²) in [5.41, 5.74) is 0. The van der Waals surface area contributed by atoms with Gasteiger partial charge in [-0.15, -0.1) is 5.92 Å². The molecule has 0 bridgehead atoms. The van der Waals surface area contributed by atoms with Crippen LogP contribution >= 0.6 is 7.60 Å². The fraction of sp³-hybridized carbons (Fsp3) is 0.700. The topological polar surface area (TPSA) is 52.6 Å². The lowest BCUT2D eigenvalue weighted by Crippen LogP contribution is -2.15. The van der Waals surface area contributed by atoms with Crippen LogP contribution in [0.25, 0.3) is 0 Å². The van der Waals surface area contributed by atoms with Crippen molar-refractivity contribution in [2.24, 2.45) is 5.92 Å². The first kappa shape index (κ1) is 14.4. The molecular formula is C10H17O4P. The molecule has 0 amide bonds. The highest BCUT2D eigenvalue weighted by Crippen LogP contribution is 2.46. The predicted molar refractivity (Wildman–Crippen MR) is 58.7 cm³/mol. The Balaban J connectivity index is 4.42. The van der Waals surface area contributed by atoms with E-state index in [-0.39, 0.29) is 11.9 Å². The van der Waals surface area contributed by atoms with Crippen LogP contribution in [-0.2, 0) is 18.4 Å². The Morgan fingerprint density at radius 2 is 1.93 bits per heavy atom. The highest BCUT2D eigenvalue weighted by molar-refractivity contribution is 7.54. The molecule has 0 aromatic carbocycles. The quantitative estimate of drug-likeness (QED) is 0.538. The Hall–Kier alpha value is -0.620. The molecule has 0 aliphatic carbocycles. The molecule has 0 N–H and O–H groups in total. The molecule has 0 saturated heterocycles. The molecule has 4 nitrogen and oxygen atoms in total. The number of hydrogen-bond acceptors (Lipinski definition) is 4. The molecule has 1 unspecified atom stereocenters. The maximum absolute atomic E-state index is 11.6. The van der Waals surface area contributed by atoms with Crippen LogP contribution in [0.4, 0.5) is 0 Å². The van der Waals surface area contributed by atoms with Crippen LogP contribution in [0.1, 0.15) is 20.3 Å². The molecule has 15 heavy (non-hydrogen) atoms. The largest absolute Gasteiger partial charge is 0.337 e. The van der Waals surface area contributed by atoms with Crippen molar-refractivity contribution < 1.29 is 18.4 Å². The number of carbonyl (C=O) groups excluding carboxylic acids is 1. The molecule has 0 aromatic rings. The smallest absolute Gasteiger partial charge is 0.312 e. The van der Waals surface area contributed by atoms with Gasteiger partial charge >= 0.3 is 7.60 Å². The Morgan fingerprint density at radius 1 is 1.40 bits per heavy atom. The second-order valence-electron chi connectivity index (χ2n) is 3.00. The average molecular weight is 232 g/mol. The molecule has 0 aliphatic rings. The average Bonchev–Trinajstić information content (AvgIpc) is 2.25. The van der Waals surface area contributed by atoms with Gasteiger partial charge in [-0.25, -0.2) is 0 Å². The third kappa shape index (κ3) is 5.13. The number of Topliss-reactive ketones (excluding diaryl/α,β-unsaturated/α-hetero) is 1. The minimum atomic E-state index is -3.24. The first-order chi connectivity index (χ1) is 6.99. The maximum atomic E-state index is 11.6. The van der Waals surface area contributed by atoms with Gasteiger partial charge in [-0.2, -0.15) is 0 Å². The first-order valence-electron chi connectivity index (χ1n) is 4.70. The summed E-state index contributed by atoms with van der Waals surface area (Å²) in [6.45, 7) is 3.58. The zero-order valence-electron chi connectivity index (χ0n) is 9.57. The number of carbonyl (C=O) groups is 1. The van der Waals surface area contributed by atoms with Gasteiger partial charge in [0.2, 0.25) is 0 Å². The van der Waals surface area contributed by atoms with Crippen molar-refractivity contribution in [3.05, 3.63) is 0 Å². The maximum Gasteiger partial charge on any atom is 0.337 e. The molecule has 0 rings (SSSR count). The van der Waals surface area contributed by atoms with E-state index in [4.69, 9.17) is 0 Å². The standard InChI is InChI=1S/C10H17O4P/c1-5-6-7-9(2)10(11)8-15(12,13-3)14-4/h9H,5,8H2,1-4H3. The van der Waals surface area contributed by atoms with E-state index in [1.165, 1.54) is 14.2 Å². The summed E-state index contributed by atoms with van der Waals surface area (Å²) in [4.78, 5) is 11.5. The van der Waals surface area contributed by atoms with Crippen molar-refractivity contribution in [2.45, 2.75) is 20.3 Å². The lowest BCUT2D eigenvalue weighted by Gasteiger charge is -2.13. The van der Waals surface area contributed by atoms with Gasteiger partial charge < -0.3 is 9.05 Å². The van der Waals surface area contributed by atoms with Gasteiger partial charge in [0, 0.05) is 20.6 Å². The highest BCUT2D eigenvalue weighted by atomic mass is 31.2. The van der Waals surface area contributed by atoms with Crippen LogP contribution in [0, 0.1) is 17.8 Å². The molecular weight excluding hydrogens is 215 g/mol. The van der Waals surface area contributed by atoms with Gasteiger partial charge in [-0.3, -0.25) is 9.36 Å². The van der Waals surface area contributed by atoms with Crippen molar-refractivity contribution in [3.8, 4) is 11.8 Å². The molecule has 0 heterocycles. The second kappa shape index (κ2) is 6.79. The Labute approximate surface area is 90.9 Å². The van der Waals surface area contributed by atoms with Crippen LogP contribution < -0.4 is 0 Å². The normalized spacial score (nSPS) is 12.8. The van der Waals surface area contributed by atoms with Gasteiger partial charge in [0.05, 0.1) is 5.92 Å². The van der Waals surface area contributed by atoms with E-state index in [1.54, 1.807) is 6.92 Å². The zero-order valence-corrected chi connectivity index (χ0v) is 10.5. The molecule has 0 aliphatic heterocycles. The van der Waals surface area contributed by atoms with Gasteiger partial charge in [-0.1, -0.05) is 12.8 Å². The molecule has 0 fully saturated rings. The van der Waals surface area contributed by atoms with Gasteiger partial charge in [-0.05, 0) is 6.92 Å². The number of hydrogen-bond donors (Lipinski definition) is 0. The lowest BCUT2D eigenvalue weighted by molar-refractivity contribution is -0.118. The third-order valence-electron chi connectivity index (χ3n) is 1.88. The van der Waals surface area contributed by atoms with Crippen molar-refractivity contribution >= 4 is 13.4 Å². The summed E-state index contributed by atoms with van der Waals surface area (Å²) in [6.07, 6.45) is 0.476. The number of ketones is 1. The minimum absolute atomic E-state index is 0.219. The van der Waals surface area contributed by atoms with Crippen LogP contribution in [0.15, 0.2) is 0 Å². The van der Waals surface area contributed by atoms with Crippen molar-refractivity contribution in [1.82, 2.24) is 0 Å². The Kier molecular flexibility index (Phi) is 6.51. The molecule has 0 radical (unpaired) electrons. The van der Waals surface area contributed by atoms with E-state index in [0.29, 0.717) is 6.42 Å². The molecule has 0 aromatic heterocycles. The van der Waals surface area contributed by atoms with Crippen LogP contribution in [0.5, 0.6) is 0 Å². The summed E-state index contributed by atoms with van der Waals surface area (Å²) < 4.78 is 21.0. The predicted octanol–water partition coefficient (Wildman–Crippen LogP) is 2.09. The summed E-state index contributed by atoms with van der Waals surface area (Å²) in [5, 5.41) is 0. The second-order valence-corrected chi connectivity index (χ2v) is 5.27. The summed E-state index contributed by atoms with van der Waals surface area (Å²) >= 11 is 0. The van der Waals surface area contributed by atoms with Crippen molar-refractivity contribution in [2.75, 3.05) is 20.4 Å². The van der Waals surface area contributed by atoms with E-state index in [9.17, 15) is 9.36 Å². The molecule has 1 atom stereocenters. The van der Waals surface area contributed by atoms with Crippen LogP contribution in [-0.4, -0.2) is 26.2 Å². The lowest BCUT2D eigenvalue weighted by atomic mass is 10.1. The molecule has 0 spiro atoms. The fourth-order valence-electron chi connectivity index (χ4n) is 0.867. The molecule has 5 heteroatoms. The summed E-state index contributed by atoms with van der Waals surface area (Å²) in [6, 6.07) is 0. The van der Waals surface area contributed by atoms with E-state index >= 15 is 0 Å². The zero-order chi connectivity index (χ0) is 11.9. The fourth-order valence-corrected chi connectivity index (χ4v) is 1.93.